The molecule has 0 spiro atoms. The summed E-state index contributed by atoms with van der Waals surface area (Å²) in [5, 5.41) is 21.7. The molecule has 0 radical (unpaired) electrons. The van der Waals surface area contributed by atoms with Gasteiger partial charge in [0.25, 0.3) is 5.91 Å². The Morgan fingerprint density at radius 2 is 1.95 bits per heavy atom. The molecular weight excluding hydrogens is 514 g/mol. The number of pyridine rings is 2. The molecular formula is C33H43N5O3. The number of carbonyl (C=O) groups is 1. The van der Waals surface area contributed by atoms with Crippen LogP contribution < -0.4 is 16.0 Å². The van der Waals surface area contributed by atoms with Crippen molar-refractivity contribution in [1.82, 2.24) is 20.6 Å². The fourth-order valence-electron chi connectivity index (χ4n) is 5.56. The number of fused-ring (bicyclic) bond motifs is 4. The maximum atomic E-state index is 13.6. The molecule has 1 amide bonds. The molecule has 3 aromatic rings. The van der Waals surface area contributed by atoms with Crippen LogP contribution in [0.15, 0.2) is 54.7 Å². The van der Waals surface area contributed by atoms with Crippen LogP contribution in [0.5, 0.6) is 0 Å². The molecule has 1 aliphatic heterocycles. The molecule has 2 aromatic heterocycles. The van der Waals surface area contributed by atoms with E-state index in [1.807, 2.05) is 6.20 Å². The SMILES string of the molecule is COCc1cc2cc(n1)NCCCCc1cccc(c1)C[C@@H]([C@H](O)CNC1(c3cc(C(C)C)ccn3)CC1)NC2=O. The maximum Gasteiger partial charge on any atom is 0.251 e. The lowest BCUT2D eigenvalue weighted by Gasteiger charge is -2.27. The number of amides is 1. The van der Waals surface area contributed by atoms with Crippen LogP contribution in [0.3, 0.4) is 0 Å². The van der Waals surface area contributed by atoms with Gasteiger partial charge in [-0.05, 0) is 85.4 Å². The first-order chi connectivity index (χ1) is 19.8. The van der Waals surface area contributed by atoms with E-state index in [1.54, 1.807) is 19.2 Å². The highest BCUT2D eigenvalue weighted by Gasteiger charge is 2.46. The molecule has 5 rings (SSSR count). The van der Waals surface area contributed by atoms with E-state index >= 15 is 0 Å². The summed E-state index contributed by atoms with van der Waals surface area (Å²) in [6, 6.07) is 15.8. The standard InChI is InChI=1S/C33H43N5O3/c1-22(2)25-10-14-34-30(18-25)33(11-12-33)36-20-29(39)28-16-24-9-6-8-23(15-24)7-4-5-13-35-31-19-26(32(40)38-28)17-27(37-31)21-41-3/h6,8-10,14-15,17-19,22,28-29,36,39H,4-5,7,11-13,16,20-21H2,1-3H3,(H,35,37)(H,38,40)/t28-,29+/m0/s1. The van der Waals surface area contributed by atoms with E-state index in [0.29, 0.717) is 42.6 Å². The first-order valence-electron chi connectivity index (χ1n) is 14.9. The van der Waals surface area contributed by atoms with Gasteiger partial charge in [-0.3, -0.25) is 9.78 Å². The predicted molar refractivity (Wildman–Crippen MR) is 161 cm³/mol. The molecule has 1 aliphatic carbocycles. The number of aliphatic hydroxyl groups is 1. The van der Waals surface area contributed by atoms with E-state index in [4.69, 9.17) is 4.74 Å². The van der Waals surface area contributed by atoms with Crippen molar-refractivity contribution in [3.63, 3.8) is 0 Å². The van der Waals surface area contributed by atoms with Crippen LogP contribution >= 0.6 is 0 Å². The third-order valence-corrected chi connectivity index (χ3v) is 8.20. The monoisotopic (exact) mass is 557 g/mol. The Balaban J connectivity index is 1.38. The Labute approximate surface area is 243 Å². The number of nitrogens with one attached hydrogen (secondary N) is 3. The molecule has 2 aliphatic rings. The first-order valence-corrected chi connectivity index (χ1v) is 14.9. The van der Waals surface area contributed by atoms with Crippen molar-refractivity contribution in [3.8, 4) is 0 Å². The van der Waals surface area contributed by atoms with Crippen LogP contribution in [-0.2, 0) is 29.7 Å². The van der Waals surface area contributed by atoms with E-state index in [0.717, 1.165) is 49.9 Å². The zero-order valence-electron chi connectivity index (χ0n) is 24.5. The van der Waals surface area contributed by atoms with Gasteiger partial charge in [0.2, 0.25) is 0 Å². The number of hydrogen-bond acceptors (Lipinski definition) is 7. The molecule has 0 unspecified atom stereocenters. The van der Waals surface area contributed by atoms with Crippen LogP contribution in [0.4, 0.5) is 5.82 Å². The van der Waals surface area contributed by atoms with E-state index in [2.05, 4.69) is 76.2 Å². The van der Waals surface area contributed by atoms with Crippen molar-refractivity contribution in [2.24, 2.45) is 0 Å². The molecule has 4 bridgehead atoms. The number of carbonyl (C=O) groups excluding carboxylic acids is 1. The number of anilines is 1. The summed E-state index contributed by atoms with van der Waals surface area (Å²) >= 11 is 0. The number of aryl methyl sites for hydroxylation is 1. The van der Waals surface area contributed by atoms with E-state index in [-0.39, 0.29) is 11.4 Å². The highest BCUT2D eigenvalue weighted by molar-refractivity contribution is 5.95. The second-order valence-electron chi connectivity index (χ2n) is 11.8. The first kappa shape index (κ1) is 29.2. The molecule has 0 saturated heterocycles. The number of aromatic nitrogens is 2. The second kappa shape index (κ2) is 13.1. The molecule has 4 N–H and O–H groups in total. The van der Waals surface area contributed by atoms with Crippen LogP contribution in [0, 0.1) is 0 Å². The molecule has 1 saturated carbocycles. The van der Waals surface area contributed by atoms with Crippen molar-refractivity contribution in [2.75, 3.05) is 25.5 Å². The average molecular weight is 558 g/mol. The predicted octanol–water partition coefficient (Wildman–Crippen LogP) is 4.48. The number of rotatable bonds is 8. The molecule has 1 aromatic carbocycles. The average Bonchev–Trinajstić information content (AvgIpc) is 3.76. The van der Waals surface area contributed by atoms with Gasteiger partial charge in [0.1, 0.15) is 5.82 Å². The Kier molecular flexibility index (Phi) is 9.32. The number of methoxy groups -OCH3 is 1. The van der Waals surface area contributed by atoms with Crippen LogP contribution in [0.25, 0.3) is 0 Å². The van der Waals surface area contributed by atoms with Gasteiger partial charge in [-0.2, -0.15) is 0 Å². The van der Waals surface area contributed by atoms with Gasteiger partial charge in [-0.1, -0.05) is 38.1 Å². The quantitative estimate of drug-likeness (QED) is 0.324. The van der Waals surface area contributed by atoms with Gasteiger partial charge in [-0.15, -0.1) is 0 Å². The van der Waals surface area contributed by atoms with Crippen molar-refractivity contribution < 1.29 is 14.6 Å². The molecule has 1 fully saturated rings. The van der Waals surface area contributed by atoms with Gasteiger partial charge in [0, 0.05) is 32.0 Å². The van der Waals surface area contributed by atoms with E-state index in [9.17, 15) is 9.90 Å². The van der Waals surface area contributed by atoms with E-state index in [1.165, 1.54) is 11.1 Å². The lowest BCUT2D eigenvalue weighted by atomic mass is 9.97. The highest BCUT2D eigenvalue weighted by Crippen LogP contribution is 2.45. The van der Waals surface area contributed by atoms with Crippen molar-refractivity contribution >= 4 is 11.7 Å². The van der Waals surface area contributed by atoms with Crippen molar-refractivity contribution in [3.05, 3.63) is 88.4 Å². The van der Waals surface area contributed by atoms with Gasteiger partial charge >= 0.3 is 0 Å². The highest BCUT2D eigenvalue weighted by atomic mass is 16.5. The van der Waals surface area contributed by atoms with Crippen molar-refractivity contribution in [2.45, 2.75) is 82.6 Å². The third kappa shape index (κ3) is 7.50. The lowest BCUT2D eigenvalue weighted by Crippen LogP contribution is -2.50. The minimum atomic E-state index is -0.804. The second-order valence-corrected chi connectivity index (χ2v) is 11.8. The van der Waals surface area contributed by atoms with Gasteiger partial charge in [-0.25, -0.2) is 4.98 Å². The molecule has 2 atom stereocenters. The Hall–Kier alpha value is -3.33. The van der Waals surface area contributed by atoms with Gasteiger partial charge in [0.05, 0.1) is 35.7 Å². The molecule has 218 valence electrons. The Morgan fingerprint density at radius 1 is 1.12 bits per heavy atom. The third-order valence-electron chi connectivity index (χ3n) is 8.20. The number of nitrogens with zero attached hydrogens (tertiary/aromatic N) is 2. The Bertz CT molecular complexity index is 1340. The summed E-state index contributed by atoms with van der Waals surface area (Å²) in [5.41, 5.74) is 5.61. The van der Waals surface area contributed by atoms with Gasteiger partial charge < -0.3 is 25.8 Å². The minimum absolute atomic E-state index is 0.226. The van der Waals surface area contributed by atoms with E-state index < -0.39 is 12.1 Å². The number of benzene rings is 1. The maximum absolute atomic E-state index is 13.6. The summed E-state index contributed by atoms with van der Waals surface area (Å²) in [6.07, 6.45) is 6.56. The number of ether oxygens (including phenoxy) is 1. The molecule has 3 heterocycles. The topological polar surface area (TPSA) is 108 Å². The number of aliphatic hydroxyl groups excluding tert-OH is 1. The van der Waals surface area contributed by atoms with Crippen LogP contribution in [0.2, 0.25) is 0 Å². The summed E-state index contributed by atoms with van der Waals surface area (Å²) in [5.74, 6) is 0.840. The number of hydrogen-bond donors (Lipinski definition) is 4. The van der Waals surface area contributed by atoms with Crippen molar-refractivity contribution in [1.29, 1.82) is 0 Å². The smallest absolute Gasteiger partial charge is 0.251 e. The fourth-order valence-corrected chi connectivity index (χ4v) is 5.56. The molecule has 8 heteroatoms. The summed E-state index contributed by atoms with van der Waals surface area (Å²) < 4.78 is 5.30. The summed E-state index contributed by atoms with van der Waals surface area (Å²) in [7, 11) is 1.62. The normalized spacial score (nSPS) is 19.4. The minimum Gasteiger partial charge on any atom is -0.390 e. The van der Waals surface area contributed by atoms with Crippen LogP contribution in [0.1, 0.15) is 83.9 Å². The largest absolute Gasteiger partial charge is 0.390 e. The van der Waals surface area contributed by atoms with Crippen LogP contribution in [-0.4, -0.2) is 53.3 Å². The Morgan fingerprint density at radius 3 is 2.73 bits per heavy atom. The zero-order valence-corrected chi connectivity index (χ0v) is 24.5. The summed E-state index contributed by atoms with van der Waals surface area (Å²) in [6.45, 7) is 5.79. The summed E-state index contributed by atoms with van der Waals surface area (Å²) in [4.78, 5) is 22.9. The molecule has 41 heavy (non-hydrogen) atoms. The fraction of sp³-hybridized carbons (Fsp3) is 0.485. The van der Waals surface area contributed by atoms with Gasteiger partial charge in [0.15, 0.2) is 0 Å². The molecule has 8 nitrogen and oxygen atoms in total. The lowest BCUT2D eigenvalue weighted by molar-refractivity contribution is 0.0821. The zero-order chi connectivity index (χ0) is 28.8.